The smallest absolute Gasteiger partial charge is 0.252 e. The molecule has 1 atom stereocenters. The molecule has 0 radical (unpaired) electrons. The minimum Gasteiger partial charge on any atom is -0.344 e. The van der Waals surface area contributed by atoms with Crippen molar-refractivity contribution in [3.05, 3.63) is 65.4 Å². The number of aromatic nitrogens is 4. The van der Waals surface area contributed by atoms with Gasteiger partial charge in [0, 0.05) is 12.2 Å². The first-order valence-electron chi connectivity index (χ1n) is 9.18. The lowest BCUT2D eigenvalue weighted by Gasteiger charge is -2.14. The third-order valence-electron chi connectivity index (χ3n) is 4.55. The number of thiophene rings is 1. The standard InChI is InChI=1S/C21H21N5OS/c1-13(2)26-20-16(12-23-26)15(11-18(25-20)19-8-6-10-28-19)21(27)24-14(3)17-7-4-5-9-22-17/h4-14H,1-3H3,(H,24,27)/t14-/m1/s1. The Morgan fingerprint density at radius 2 is 2.04 bits per heavy atom. The lowest BCUT2D eigenvalue weighted by Crippen LogP contribution is -2.27. The molecule has 0 aromatic carbocycles. The molecule has 0 bridgehead atoms. The largest absolute Gasteiger partial charge is 0.344 e. The van der Waals surface area contributed by atoms with E-state index in [4.69, 9.17) is 4.98 Å². The van der Waals surface area contributed by atoms with Gasteiger partial charge in [0.25, 0.3) is 5.91 Å². The number of hydrogen-bond donors (Lipinski definition) is 1. The molecule has 4 heterocycles. The second kappa shape index (κ2) is 7.52. The van der Waals surface area contributed by atoms with Gasteiger partial charge in [0.2, 0.25) is 0 Å². The molecule has 0 fully saturated rings. The normalized spacial score (nSPS) is 12.4. The lowest BCUT2D eigenvalue weighted by atomic mass is 10.1. The van der Waals surface area contributed by atoms with Gasteiger partial charge < -0.3 is 5.32 Å². The van der Waals surface area contributed by atoms with Crippen molar-refractivity contribution in [3.8, 4) is 10.6 Å². The van der Waals surface area contributed by atoms with Crippen LogP contribution >= 0.6 is 11.3 Å². The van der Waals surface area contributed by atoms with Crippen LogP contribution in [0, 0.1) is 0 Å². The first-order chi connectivity index (χ1) is 13.5. The van der Waals surface area contributed by atoms with Gasteiger partial charge in [-0.25, -0.2) is 9.67 Å². The van der Waals surface area contributed by atoms with E-state index in [9.17, 15) is 4.79 Å². The summed E-state index contributed by atoms with van der Waals surface area (Å²) < 4.78 is 1.85. The van der Waals surface area contributed by atoms with Gasteiger partial charge in [-0.2, -0.15) is 5.10 Å². The molecule has 0 aliphatic rings. The molecule has 1 amide bonds. The minimum absolute atomic E-state index is 0.145. The zero-order valence-electron chi connectivity index (χ0n) is 16.0. The Kier molecular flexibility index (Phi) is 4.92. The van der Waals surface area contributed by atoms with Gasteiger partial charge >= 0.3 is 0 Å². The van der Waals surface area contributed by atoms with Crippen LogP contribution in [-0.4, -0.2) is 25.7 Å². The summed E-state index contributed by atoms with van der Waals surface area (Å²) in [7, 11) is 0. The molecule has 4 aromatic heterocycles. The first-order valence-corrected chi connectivity index (χ1v) is 10.1. The average molecular weight is 392 g/mol. The summed E-state index contributed by atoms with van der Waals surface area (Å²) in [6.07, 6.45) is 3.45. The fraction of sp³-hybridized carbons (Fsp3) is 0.238. The van der Waals surface area contributed by atoms with Gasteiger partial charge in [-0.05, 0) is 50.4 Å². The number of amides is 1. The first kappa shape index (κ1) is 18.3. The molecule has 0 spiro atoms. The van der Waals surface area contributed by atoms with E-state index in [1.807, 2.05) is 53.4 Å². The number of pyridine rings is 2. The molecule has 28 heavy (non-hydrogen) atoms. The van der Waals surface area contributed by atoms with Crippen molar-refractivity contribution in [2.45, 2.75) is 32.9 Å². The highest BCUT2D eigenvalue weighted by Crippen LogP contribution is 2.29. The monoisotopic (exact) mass is 391 g/mol. The Morgan fingerprint density at radius 3 is 2.71 bits per heavy atom. The molecule has 7 heteroatoms. The van der Waals surface area contributed by atoms with Crippen molar-refractivity contribution in [2.75, 3.05) is 0 Å². The molecule has 0 saturated heterocycles. The topological polar surface area (TPSA) is 72.7 Å². The van der Waals surface area contributed by atoms with E-state index in [-0.39, 0.29) is 18.0 Å². The van der Waals surface area contributed by atoms with Crippen molar-refractivity contribution in [3.63, 3.8) is 0 Å². The molecule has 0 aliphatic carbocycles. The average Bonchev–Trinajstić information content (AvgIpc) is 3.37. The van der Waals surface area contributed by atoms with Crippen LogP contribution in [0.5, 0.6) is 0 Å². The fourth-order valence-corrected chi connectivity index (χ4v) is 3.80. The van der Waals surface area contributed by atoms with E-state index >= 15 is 0 Å². The summed E-state index contributed by atoms with van der Waals surface area (Å²) in [5, 5.41) is 10.3. The summed E-state index contributed by atoms with van der Waals surface area (Å²) in [5.41, 5.74) is 2.89. The quantitative estimate of drug-likeness (QED) is 0.538. The van der Waals surface area contributed by atoms with Gasteiger partial charge in [-0.1, -0.05) is 12.1 Å². The van der Waals surface area contributed by atoms with Crippen LogP contribution in [0.15, 0.2) is 54.2 Å². The number of hydrogen-bond acceptors (Lipinski definition) is 5. The Labute approximate surface area is 167 Å². The van der Waals surface area contributed by atoms with E-state index in [0.717, 1.165) is 27.3 Å². The van der Waals surface area contributed by atoms with Crippen LogP contribution in [0.25, 0.3) is 21.6 Å². The third-order valence-corrected chi connectivity index (χ3v) is 5.45. The van der Waals surface area contributed by atoms with E-state index in [2.05, 4.69) is 29.2 Å². The number of rotatable bonds is 5. The van der Waals surface area contributed by atoms with Crippen molar-refractivity contribution < 1.29 is 4.79 Å². The maximum absolute atomic E-state index is 13.1. The van der Waals surface area contributed by atoms with Crippen LogP contribution < -0.4 is 5.32 Å². The van der Waals surface area contributed by atoms with Gasteiger partial charge in [0.05, 0.1) is 39.5 Å². The summed E-state index contributed by atoms with van der Waals surface area (Å²) >= 11 is 1.60. The van der Waals surface area contributed by atoms with Gasteiger partial charge in [0.15, 0.2) is 5.65 Å². The van der Waals surface area contributed by atoms with E-state index in [1.165, 1.54) is 0 Å². The highest BCUT2D eigenvalue weighted by molar-refractivity contribution is 7.13. The highest BCUT2D eigenvalue weighted by Gasteiger charge is 2.20. The number of nitrogens with zero attached hydrogens (tertiary/aromatic N) is 4. The molecule has 0 unspecified atom stereocenters. The second-order valence-electron chi connectivity index (χ2n) is 6.90. The Bertz CT molecular complexity index is 1100. The van der Waals surface area contributed by atoms with Crippen LogP contribution in [0.4, 0.5) is 0 Å². The maximum Gasteiger partial charge on any atom is 0.252 e. The molecule has 0 aliphatic heterocycles. The second-order valence-corrected chi connectivity index (χ2v) is 7.85. The molecule has 4 rings (SSSR count). The van der Waals surface area contributed by atoms with Crippen molar-refractivity contribution in [2.24, 2.45) is 0 Å². The van der Waals surface area contributed by atoms with Crippen molar-refractivity contribution in [1.82, 2.24) is 25.1 Å². The van der Waals surface area contributed by atoms with Crippen LogP contribution in [0.1, 0.15) is 48.9 Å². The van der Waals surface area contributed by atoms with E-state index in [0.29, 0.717) is 5.56 Å². The number of nitrogens with one attached hydrogen (secondary N) is 1. The van der Waals surface area contributed by atoms with E-state index in [1.54, 1.807) is 23.7 Å². The van der Waals surface area contributed by atoms with Crippen LogP contribution in [0.2, 0.25) is 0 Å². The highest BCUT2D eigenvalue weighted by atomic mass is 32.1. The molecule has 4 aromatic rings. The summed E-state index contributed by atoms with van der Waals surface area (Å²) in [6.45, 7) is 6.03. The molecule has 6 nitrogen and oxygen atoms in total. The number of carbonyl (C=O) groups is 1. The van der Waals surface area contributed by atoms with Crippen molar-refractivity contribution >= 4 is 28.3 Å². The zero-order valence-corrected chi connectivity index (χ0v) is 16.8. The van der Waals surface area contributed by atoms with Crippen molar-refractivity contribution in [1.29, 1.82) is 0 Å². The van der Waals surface area contributed by atoms with Crippen LogP contribution in [-0.2, 0) is 0 Å². The molecular formula is C21H21N5OS. The third kappa shape index (κ3) is 3.41. The SMILES string of the molecule is CC(C)n1ncc2c(C(=O)N[C@H](C)c3ccccn3)cc(-c3cccs3)nc21. The summed E-state index contributed by atoms with van der Waals surface area (Å²) in [6, 6.07) is 11.5. The number of fused-ring (bicyclic) bond motifs is 1. The number of carbonyl (C=O) groups excluding carboxylic acids is 1. The van der Waals surface area contributed by atoms with Gasteiger partial charge in [-0.15, -0.1) is 11.3 Å². The van der Waals surface area contributed by atoms with E-state index < -0.39 is 0 Å². The Balaban J connectivity index is 1.77. The van der Waals surface area contributed by atoms with Gasteiger partial charge in [0.1, 0.15) is 0 Å². The molecule has 142 valence electrons. The maximum atomic E-state index is 13.1. The predicted octanol–water partition coefficient (Wildman–Crippen LogP) is 4.63. The molecule has 0 saturated carbocycles. The van der Waals surface area contributed by atoms with Gasteiger partial charge in [-0.3, -0.25) is 9.78 Å². The fourth-order valence-electron chi connectivity index (χ4n) is 3.11. The Morgan fingerprint density at radius 1 is 1.18 bits per heavy atom. The Hall–Kier alpha value is -3.06. The lowest BCUT2D eigenvalue weighted by molar-refractivity contribution is 0.0940. The molecular weight excluding hydrogens is 370 g/mol. The molecule has 1 N–H and O–H groups in total. The minimum atomic E-state index is -0.206. The predicted molar refractivity (Wildman–Crippen MR) is 111 cm³/mol. The zero-order chi connectivity index (χ0) is 19.7. The summed E-state index contributed by atoms with van der Waals surface area (Å²) in [5.74, 6) is -0.160. The summed E-state index contributed by atoms with van der Waals surface area (Å²) in [4.78, 5) is 23.3. The van der Waals surface area contributed by atoms with Crippen LogP contribution in [0.3, 0.4) is 0 Å².